The van der Waals surface area contributed by atoms with E-state index in [-0.39, 0.29) is 6.10 Å². The van der Waals surface area contributed by atoms with Crippen molar-refractivity contribution in [1.29, 1.82) is 0 Å². The number of nitrogens with two attached hydrogens (primary N) is 1. The van der Waals surface area contributed by atoms with E-state index in [4.69, 9.17) is 10.5 Å². The second-order valence-electron chi connectivity index (χ2n) is 5.27. The lowest BCUT2D eigenvalue weighted by Crippen LogP contribution is -2.40. The molecule has 1 heterocycles. The predicted molar refractivity (Wildman–Crippen MR) is 85.6 cm³/mol. The van der Waals surface area contributed by atoms with Gasteiger partial charge in [-0.1, -0.05) is 6.07 Å². The summed E-state index contributed by atoms with van der Waals surface area (Å²) in [5.41, 5.74) is 7.35. The van der Waals surface area contributed by atoms with Crippen LogP contribution in [0.1, 0.15) is 24.0 Å². The number of ether oxygens (including phenoxy) is 1. The summed E-state index contributed by atoms with van der Waals surface area (Å²) in [6, 6.07) is 3.56. The second kappa shape index (κ2) is 6.75. The molecular formula is C14H21BrN2O3S. The van der Waals surface area contributed by atoms with E-state index in [0.29, 0.717) is 29.0 Å². The molecule has 0 radical (unpaired) electrons. The van der Waals surface area contributed by atoms with E-state index in [1.165, 1.54) is 4.31 Å². The molecule has 0 atom stereocenters. The van der Waals surface area contributed by atoms with E-state index < -0.39 is 10.0 Å². The molecule has 1 aromatic carbocycles. The van der Waals surface area contributed by atoms with Gasteiger partial charge in [-0.25, -0.2) is 8.42 Å². The third-order valence-electron chi connectivity index (χ3n) is 3.87. The molecule has 1 aromatic rings. The van der Waals surface area contributed by atoms with Crippen molar-refractivity contribution in [1.82, 2.24) is 4.31 Å². The number of sulfonamides is 1. The normalized spacial score (nSPS) is 18.1. The molecule has 1 aliphatic rings. The number of rotatable bonds is 4. The summed E-state index contributed by atoms with van der Waals surface area (Å²) in [5.74, 6) is 0. The zero-order chi connectivity index (χ0) is 15.6. The van der Waals surface area contributed by atoms with E-state index in [1.807, 2.05) is 13.0 Å². The molecule has 5 nitrogen and oxygen atoms in total. The van der Waals surface area contributed by atoms with Crippen molar-refractivity contribution in [3.05, 3.63) is 27.7 Å². The van der Waals surface area contributed by atoms with Gasteiger partial charge in [-0.2, -0.15) is 4.31 Å². The maximum Gasteiger partial charge on any atom is 0.244 e. The average molecular weight is 377 g/mol. The van der Waals surface area contributed by atoms with Crippen molar-refractivity contribution in [3.63, 3.8) is 0 Å². The van der Waals surface area contributed by atoms with Crippen LogP contribution in [-0.2, 0) is 21.3 Å². The van der Waals surface area contributed by atoms with Gasteiger partial charge in [-0.3, -0.25) is 0 Å². The standard InChI is InChI=1S/C14H21BrN2O3S/c1-10-7-11(9-16)8-13(14(10)15)21(18,19)17-5-3-12(20-2)4-6-17/h7-8,12H,3-6,9,16H2,1-2H3. The van der Waals surface area contributed by atoms with Gasteiger partial charge >= 0.3 is 0 Å². The average Bonchev–Trinajstić information content (AvgIpc) is 2.49. The third-order valence-corrected chi connectivity index (χ3v) is 7.11. The Kier molecular flexibility index (Phi) is 5.43. The van der Waals surface area contributed by atoms with Crippen LogP contribution in [0, 0.1) is 6.92 Å². The molecule has 0 aromatic heterocycles. The first-order chi connectivity index (χ1) is 9.90. The van der Waals surface area contributed by atoms with Crippen molar-refractivity contribution in [2.75, 3.05) is 20.2 Å². The molecule has 21 heavy (non-hydrogen) atoms. The summed E-state index contributed by atoms with van der Waals surface area (Å²) >= 11 is 3.40. The van der Waals surface area contributed by atoms with Gasteiger partial charge < -0.3 is 10.5 Å². The molecule has 2 N–H and O–H groups in total. The Labute approximate surface area is 134 Å². The van der Waals surface area contributed by atoms with Crippen molar-refractivity contribution in [3.8, 4) is 0 Å². The number of benzene rings is 1. The highest BCUT2D eigenvalue weighted by atomic mass is 79.9. The van der Waals surface area contributed by atoms with Gasteiger partial charge in [0.2, 0.25) is 10.0 Å². The van der Waals surface area contributed by atoms with Gasteiger partial charge in [0.05, 0.1) is 11.0 Å². The van der Waals surface area contributed by atoms with Crippen LogP contribution in [0.25, 0.3) is 0 Å². The summed E-state index contributed by atoms with van der Waals surface area (Å²) in [6.45, 7) is 3.17. The largest absolute Gasteiger partial charge is 0.381 e. The predicted octanol–water partition coefficient (Wildman–Crippen LogP) is 2.02. The van der Waals surface area contributed by atoms with Gasteiger partial charge in [0.1, 0.15) is 0 Å². The molecular weight excluding hydrogens is 356 g/mol. The van der Waals surface area contributed by atoms with Crippen LogP contribution >= 0.6 is 15.9 Å². The Hall–Kier alpha value is -0.470. The number of hydrogen-bond acceptors (Lipinski definition) is 4. The maximum absolute atomic E-state index is 12.8. The molecule has 0 amide bonds. The Morgan fingerprint density at radius 3 is 2.52 bits per heavy atom. The SMILES string of the molecule is COC1CCN(S(=O)(=O)c2cc(CN)cc(C)c2Br)CC1. The van der Waals surface area contributed by atoms with Crippen LogP contribution in [0.4, 0.5) is 0 Å². The highest BCUT2D eigenvalue weighted by Gasteiger charge is 2.31. The van der Waals surface area contributed by atoms with Crippen LogP contribution in [-0.4, -0.2) is 39.0 Å². The summed E-state index contributed by atoms with van der Waals surface area (Å²) < 4.78 is 33.1. The summed E-state index contributed by atoms with van der Waals surface area (Å²) in [4.78, 5) is 0.304. The van der Waals surface area contributed by atoms with Crippen LogP contribution < -0.4 is 5.73 Å². The molecule has 1 saturated heterocycles. The minimum atomic E-state index is -3.50. The highest BCUT2D eigenvalue weighted by molar-refractivity contribution is 9.10. The van der Waals surface area contributed by atoms with Gasteiger partial charge in [-0.15, -0.1) is 0 Å². The fourth-order valence-electron chi connectivity index (χ4n) is 2.56. The number of hydrogen-bond donors (Lipinski definition) is 1. The molecule has 1 aliphatic heterocycles. The van der Waals surface area contributed by atoms with Crippen molar-refractivity contribution >= 4 is 26.0 Å². The van der Waals surface area contributed by atoms with E-state index in [1.54, 1.807) is 13.2 Å². The molecule has 0 aliphatic carbocycles. The zero-order valence-electron chi connectivity index (χ0n) is 12.3. The molecule has 2 rings (SSSR count). The van der Waals surface area contributed by atoms with E-state index in [0.717, 1.165) is 24.0 Å². The number of halogens is 1. The minimum absolute atomic E-state index is 0.150. The van der Waals surface area contributed by atoms with Crippen molar-refractivity contribution < 1.29 is 13.2 Å². The molecule has 0 unspecified atom stereocenters. The molecule has 118 valence electrons. The fourth-order valence-corrected chi connectivity index (χ4v) is 5.06. The Morgan fingerprint density at radius 2 is 2.00 bits per heavy atom. The molecule has 0 bridgehead atoms. The number of aryl methyl sites for hydroxylation is 1. The summed E-state index contributed by atoms with van der Waals surface area (Å²) in [6.07, 6.45) is 1.60. The Morgan fingerprint density at radius 1 is 1.38 bits per heavy atom. The maximum atomic E-state index is 12.8. The highest BCUT2D eigenvalue weighted by Crippen LogP contribution is 2.31. The first kappa shape index (κ1) is 16.9. The quantitative estimate of drug-likeness (QED) is 0.872. The number of methoxy groups -OCH3 is 1. The lowest BCUT2D eigenvalue weighted by atomic mass is 10.1. The monoisotopic (exact) mass is 376 g/mol. The van der Waals surface area contributed by atoms with Crippen LogP contribution in [0.5, 0.6) is 0 Å². The minimum Gasteiger partial charge on any atom is -0.381 e. The van der Waals surface area contributed by atoms with Crippen LogP contribution in [0.15, 0.2) is 21.5 Å². The molecule has 1 fully saturated rings. The Bertz CT molecular complexity index is 611. The third kappa shape index (κ3) is 3.48. The fraction of sp³-hybridized carbons (Fsp3) is 0.571. The van der Waals surface area contributed by atoms with Crippen molar-refractivity contribution in [2.45, 2.75) is 37.3 Å². The first-order valence-corrected chi connectivity index (χ1v) is 9.15. The topological polar surface area (TPSA) is 72.6 Å². The smallest absolute Gasteiger partial charge is 0.244 e. The van der Waals surface area contributed by atoms with E-state index >= 15 is 0 Å². The first-order valence-electron chi connectivity index (χ1n) is 6.92. The number of piperidine rings is 1. The van der Waals surface area contributed by atoms with Crippen molar-refractivity contribution in [2.24, 2.45) is 5.73 Å². The van der Waals surface area contributed by atoms with E-state index in [9.17, 15) is 8.42 Å². The Balaban J connectivity index is 2.34. The van der Waals surface area contributed by atoms with Crippen LogP contribution in [0.2, 0.25) is 0 Å². The summed E-state index contributed by atoms with van der Waals surface area (Å²) in [5, 5.41) is 0. The lowest BCUT2D eigenvalue weighted by Gasteiger charge is -2.30. The molecule has 0 saturated carbocycles. The van der Waals surface area contributed by atoms with Gasteiger partial charge in [0.25, 0.3) is 0 Å². The van der Waals surface area contributed by atoms with Crippen LogP contribution in [0.3, 0.4) is 0 Å². The second-order valence-corrected chi connectivity index (χ2v) is 7.97. The van der Waals surface area contributed by atoms with Gasteiger partial charge in [-0.05, 0) is 52.9 Å². The summed E-state index contributed by atoms with van der Waals surface area (Å²) in [7, 11) is -1.84. The van der Waals surface area contributed by atoms with Gasteiger partial charge in [0.15, 0.2) is 0 Å². The zero-order valence-corrected chi connectivity index (χ0v) is 14.7. The lowest BCUT2D eigenvalue weighted by molar-refractivity contribution is 0.0604. The van der Waals surface area contributed by atoms with Gasteiger partial charge in [0, 0.05) is 31.2 Å². The molecule has 0 spiro atoms. The number of nitrogens with zero attached hydrogens (tertiary/aromatic N) is 1. The molecule has 7 heteroatoms. The van der Waals surface area contributed by atoms with E-state index in [2.05, 4.69) is 15.9 Å².